The number of carbonyl (C=O) groups excluding carboxylic acids is 3. The predicted octanol–water partition coefficient (Wildman–Crippen LogP) is 4.63. The second kappa shape index (κ2) is 8.97. The van der Waals surface area contributed by atoms with Crippen molar-refractivity contribution in [2.24, 2.45) is 0 Å². The van der Waals surface area contributed by atoms with Gasteiger partial charge >= 0.3 is 5.97 Å². The van der Waals surface area contributed by atoms with Gasteiger partial charge in [-0.3, -0.25) is 9.59 Å². The highest BCUT2D eigenvalue weighted by atomic mass is 35.5. The molecule has 0 aliphatic rings. The summed E-state index contributed by atoms with van der Waals surface area (Å²) in [5.74, 6) is -1.21. The number of carbonyl (C=O) groups is 3. The van der Waals surface area contributed by atoms with E-state index in [1.165, 1.54) is 6.07 Å². The monoisotopic (exact) mass is 393 g/mol. The molecular weight excluding hydrogens is 378 g/mol. The maximum atomic E-state index is 12.2. The second-order valence-electron chi connectivity index (χ2n) is 5.91. The van der Waals surface area contributed by atoms with Gasteiger partial charge in [-0.25, -0.2) is 4.79 Å². The highest BCUT2D eigenvalue weighted by Crippen LogP contribution is 2.14. The molecule has 0 heterocycles. The lowest BCUT2D eigenvalue weighted by Crippen LogP contribution is -2.15. The van der Waals surface area contributed by atoms with E-state index in [1.54, 1.807) is 66.7 Å². The molecule has 0 bridgehead atoms. The summed E-state index contributed by atoms with van der Waals surface area (Å²) in [7, 11) is 0. The molecule has 6 heteroatoms. The summed E-state index contributed by atoms with van der Waals surface area (Å²) in [5.41, 5.74) is 1.74. The van der Waals surface area contributed by atoms with Crippen molar-refractivity contribution in [2.45, 2.75) is 0 Å². The molecule has 28 heavy (non-hydrogen) atoms. The lowest BCUT2D eigenvalue weighted by atomic mass is 10.1. The highest BCUT2D eigenvalue weighted by Gasteiger charge is 2.13. The molecule has 0 saturated carbocycles. The number of esters is 1. The second-order valence-corrected chi connectivity index (χ2v) is 6.34. The number of hydrogen-bond donors (Lipinski definition) is 1. The van der Waals surface area contributed by atoms with Gasteiger partial charge in [-0.05, 0) is 54.6 Å². The van der Waals surface area contributed by atoms with Crippen molar-refractivity contribution in [1.82, 2.24) is 0 Å². The Hall–Kier alpha value is -3.44. The molecule has 0 aliphatic carbocycles. The van der Waals surface area contributed by atoms with Crippen molar-refractivity contribution in [2.75, 3.05) is 11.9 Å². The fourth-order valence-corrected chi connectivity index (χ4v) is 2.64. The van der Waals surface area contributed by atoms with Gasteiger partial charge in [0.1, 0.15) is 0 Å². The van der Waals surface area contributed by atoms with E-state index in [0.29, 0.717) is 21.8 Å². The normalized spacial score (nSPS) is 10.2. The number of Topliss-reactive ketones (excluding diaryl/α,β-unsaturated/α-hetero) is 1. The molecule has 1 amide bonds. The zero-order valence-electron chi connectivity index (χ0n) is 14.7. The Morgan fingerprint density at radius 2 is 1.46 bits per heavy atom. The van der Waals surface area contributed by atoms with Crippen molar-refractivity contribution >= 4 is 34.9 Å². The minimum absolute atomic E-state index is 0.241. The SMILES string of the molecule is O=C(COC(=O)c1cccc(Cl)c1)c1ccc(NC(=O)c2ccccc2)cc1. The Labute approximate surface area is 166 Å². The summed E-state index contributed by atoms with van der Waals surface area (Å²) in [4.78, 5) is 36.3. The quantitative estimate of drug-likeness (QED) is 0.489. The van der Waals surface area contributed by atoms with Gasteiger partial charge in [0, 0.05) is 21.8 Å². The van der Waals surface area contributed by atoms with Crippen LogP contribution in [-0.4, -0.2) is 24.3 Å². The molecular formula is C22H16ClNO4. The number of ether oxygens (including phenoxy) is 1. The predicted molar refractivity (Wildman–Crippen MR) is 107 cm³/mol. The van der Waals surface area contributed by atoms with E-state index in [1.807, 2.05) is 6.07 Å². The molecule has 0 fully saturated rings. The molecule has 0 saturated heterocycles. The van der Waals surface area contributed by atoms with Crippen LogP contribution in [-0.2, 0) is 4.74 Å². The first-order valence-electron chi connectivity index (χ1n) is 8.45. The molecule has 140 valence electrons. The van der Waals surface area contributed by atoms with Gasteiger partial charge in [-0.15, -0.1) is 0 Å². The Morgan fingerprint density at radius 3 is 2.14 bits per heavy atom. The molecule has 3 aromatic carbocycles. The van der Waals surface area contributed by atoms with E-state index in [-0.39, 0.29) is 23.9 Å². The molecule has 0 radical (unpaired) electrons. The number of anilines is 1. The summed E-state index contributed by atoms with van der Waals surface area (Å²) < 4.78 is 5.04. The third-order valence-corrected chi connectivity index (χ3v) is 4.13. The minimum Gasteiger partial charge on any atom is -0.454 e. The molecule has 1 N–H and O–H groups in total. The van der Waals surface area contributed by atoms with Gasteiger partial charge in [0.15, 0.2) is 12.4 Å². The van der Waals surface area contributed by atoms with E-state index in [9.17, 15) is 14.4 Å². The molecule has 0 aliphatic heterocycles. The standard InChI is InChI=1S/C22H16ClNO4/c23-18-8-4-7-17(13-18)22(27)28-14-20(25)15-9-11-19(12-10-15)24-21(26)16-5-2-1-3-6-16/h1-13H,14H2,(H,24,26). The smallest absolute Gasteiger partial charge is 0.338 e. The van der Waals surface area contributed by atoms with Crippen molar-refractivity contribution in [3.63, 3.8) is 0 Å². The first-order valence-corrected chi connectivity index (χ1v) is 8.83. The maximum absolute atomic E-state index is 12.2. The van der Waals surface area contributed by atoms with Gasteiger partial charge in [0.05, 0.1) is 5.56 Å². The van der Waals surface area contributed by atoms with Crippen LogP contribution in [0.2, 0.25) is 5.02 Å². The largest absolute Gasteiger partial charge is 0.454 e. The van der Waals surface area contributed by atoms with E-state index in [4.69, 9.17) is 16.3 Å². The Morgan fingerprint density at radius 1 is 0.786 bits per heavy atom. The molecule has 0 atom stereocenters. The van der Waals surface area contributed by atoms with Gasteiger partial charge in [0.25, 0.3) is 5.91 Å². The molecule has 5 nitrogen and oxygen atoms in total. The summed E-state index contributed by atoms with van der Waals surface area (Å²) >= 11 is 5.83. The Kier molecular flexibility index (Phi) is 6.19. The number of rotatable bonds is 6. The third kappa shape index (κ3) is 5.05. The average Bonchev–Trinajstić information content (AvgIpc) is 2.73. The van der Waals surface area contributed by atoms with E-state index in [2.05, 4.69) is 5.32 Å². The van der Waals surface area contributed by atoms with Crippen LogP contribution >= 0.6 is 11.6 Å². The van der Waals surface area contributed by atoms with Gasteiger partial charge in [-0.1, -0.05) is 35.9 Å². The van der Waals surface area contributed by atoms with Crippen LogP contribution in [0.4, 0.5) is 5.69 Å². The zero-order valence-corrected chi connectivity index (χ0v) is 15.5. The van der Waals surface area contributed by atoms with Crippen molar-refractivity contribution in [3.05, 3.63) is 101 Å². The van der Waals surface area contributed by atoms with E-state index < -0.39 is 5.97 Å². The topological polar surface area (TPSA) is 72.5 Å². The number of hydrogen-bond acceptors (Lipinski definition) is 4. The first kappa shape index (κ1) is 19.3. The molecule has 0 spiro atoms. The minimum atomic E-state index is -0.623. The lowest BCUT2D eigenvalue weighted by molar-refractivity contribution is 0.0474. The summed E-state index contributed by atoms with van der Waals surface area (Å²) in [6.07, 6.45) is 0. The maximum Gasteiger partial charge on any atom is 0.338 e. The number of halogens is 1. The number of benzene rings is 3. The Balaban J connectivity index is 1.56. The lowest BCUT2D eigenvalue weighted by Gasteiger charge is -2.07. The molecule has 3 aromatic rings. The van der Waals surface area contributed by atoms with Crippen LogP contribution in [0.1, 0.15) is 31.1 Å². The van der Waals surface area contributed by atoms with E-state index in [0.717, 1.165) is 0 Å². The zero-order chi connectivity index (χ0) is 19.9. The van der Waals surface area contributed by atoms with Crippen molar-refractivity contribution in [1.29, 1.82) is 0 Å². The van der Waals surface area contributed by atoms with Gasteiger partial charge < -0.3 is 10.1 Å². The molecule has 0 unspecified atom stereocenters. The van der Waals surface area contributed by atoms with Crippen LogP contribution in [0.15, 0.2) is 78.9 Å². The van der Waals surface area contributed by atoms with E-state index >= 15 is 0 Å². The van der Waals surface area contributed by atoms with Crippen LogP contribution in [0.25, 0.3) is 0 Å². The fourth-order valence-electron chi connectivity index (χ4n) is 2.45. The van der Waals surface area contributed by atoms with Crippen LogP contribution in [0.5, 0.6) is 0 Å². The molecule has 3 rings (SSSR count). The fraction of sp³-hybridized carbons (Fsp3) is 0.0455. The summed E-state index contributed by atoms with van der Waals surface area (Å²) in [6, 6.07) is 21.5. The number of nitrogens with one attached hydrogen (secondary N) is 1. The third-order valence-electron chi connectivity index (χ3n) is 3.90. The van der Waals surface area contributed by atoms with Gasteiger partial charge in [-0.2, -0.15) is 0 Å². The van der Waals surface area contributed by atoms with Gasteiger partial charge in [0.2, 0.25) is 0 Å². The van der Waals surface area contributed by atoms with Crippen molar-refractivity contribution < 1.29 is 19.1 Å². The first-order chi connectivity index (χ1) is 13.5. The van der Waals surface area contributed by atoms with Crippen LogP contribution in [0.3, 0.4) is 0 Å². The molecule has 0 aromatic heterocycles. The Bertz CT molecular complexity index is 1000. The van der Waals surface area contributed by atoms with Crippen molar-refractivity contribution in [3.8, 4) is 0 Å². The number of ketones is 1. The van der Waals surface area contributed by atoms with Crippen LogP contribution in [0, 0.1) is 0 Å². The van der Waals surface area contributed by atoms with Crippen LogP contribution < -0.4 is 5.32 Å². The number of amides is 1. The summed E-state index contributed by atoms with van der Waals surface area (Å²) in [5, 5.41) is 3.16. The summed E-state index contributed by atoms with van der Waals surface area (Å²) in [6.45, 7) is -0.388. The highest BCUT2D eigenvalue weighted by molar-refractivity contribution is 6.30. The average molecular weight is 394 g/mol.